The summed E-state index contributed by atoms with van der Waals surface area (Å²) in [6, 6.07) is 0. The van der Waals surface area contributed by atoms with Gasteiger partial charge in [-0.05, 0) is 6.42 Å². The van der Waals surface area contributed by atoms with Crippen molar-refractivity contribution in [3.05, 3.63) is 39.8 Å². The van der Waals surface area contributed by atoms with Crippen LogP contribution in [0.4, 0.5) is 0 Å². The molecule has 0 unspecified atom stereocenters. The first-order chi connectivity index (χ1) is 10.5. The third-order valence-corrected chi connectivity index (χ3v) is 3.46. The lowest BCUT2D eigenvalue weighted by molar-refractivity contribution is -0.121. The highest BCUT2D eigenvalue weighted by molar-refractivity contribution is 5.76. The molecule has 0 saturated carbocycles. The van der Waals surface area contributed by atoms with E-state index in [-0.39, 0.29) is 11.5 Å². The van der Waals surface area contributed by atoms with Gasteiger partial charge in [0.15, 0.2) is 11.2 Å². The molecule has 2 aromatic heterocycles. The molecule has 0 saturated heterocycles. The predicted molar refractivity (Wildman–Crippen MR) is 82.7 cm³/mol. The third kappa shape index (κ3) is 2.85. The molecule has 0 aromatic carbocycles. The number of imidazole rings is 1. The van der Waals surface area contributed by atoms with Gasteiger partial charge in [0.2, 0.25) is 5.91 Å². The Morgan fingerprint density at radius 3 is 2.77 bits per heavy atom. The van der Waals surface area contributed by atoms with Crippen molar-refractivity contribution < 1.29 is 4.79 Å². The number of carbonyl (C=O) groups excluding carboxylic acids is 1. The summed E-state index contributed by atoms with van der Waals surface area (Å²) in [5.41, 5.74) is -0.0708. The lowest BCUT2D eigenvalue weighted by Crippen LogP contribution is -2.37. The SMILES string of the molecule is C=CCNC(=O)CCCn1cnc2c1c(=O)n(C)c(=O)n2C. The standard InChI is InChI=1S/C14H19N5O3/c1-4-7-15-10(20)6-5-8-19-9-16-12-11(19)13(21)18(3)14(22)17(12)2/h4,9H,1,5-8H2,2-3H3,(H,15,20). The Bertz CT molecular complexity index is 827. The molecule has 0 bridgehead atoms. The Kier molecular flexibility index (Phi) is 4.59. The van der Waals surface area contributed by atoms with Crippen LogP contribution in [0.15, 0.2) is 28.6 Å². The molecule has 0 radical (unpaired) electrons. The number of nitrogens with one attached hydrogen (secondary N) is 1. The molecule has 0 aliphatic rings. The largest absolute Gasteiger partial charge is 0.353 e. The maximum Gasteiger partial charge on any atom is 0.332 e. The minimum Gasteiger partial charge on any atom is -0.353 e. The number of nitrogens with zero attached hydrogens (tertiary/aromatic N) is 4. The van der Waals surface area contributed by atoms with Crippen molar-refractivity contribution >= 4 is 17.1 Å². The van der Waals surface area contributed by atoms with E-state index < -0.39 is 5.69 Å². The molecular weight excluding hydrogens is 286 g/mol. The average Bonchev–Trinajstić information content (AvgIpc) is 2.93. The van der Waals surface area contributed by atoms with Crippen LogP contribution in [-0.4, -0.2) is 31.1 Å². The van der Waals surface area contributed by atoms with Gasteiger partial charge in [0, 0.05) is 33.6 Å². The van der Waals surface area contributed by atoms with E-state index in [1.807, 2.05) is 0 Å². The first-order valence-corrected chi connectivity index (χ1v) is 6.95. The molecule has 0 spiro atoms. The topological polar surface area (TPSA) is 90.9 Å². The van der Waals surface area contributed by atoms with Gasteiger partial charge in [-0.1, -0.05) is 6.08 Å². The second kappa shape index (κ2) is 6.42. The van der Waals surface area contributed by atoms with Crippen LogP contribution in [-0.2, 0) is 25.4 Å². The lowest BCUT2D eigenvalue weighted by Gasteiger charge is -2.06. The minimum absolute atomic E-state index is 0.0652. The highest BCUT2D eigenvalue weighted by Gasteiger charge is 2.14. The predicted octanol–water partition coefficient (Wildman–Crippen LogP) is -0.484. The molecule has 2 rings (SSSR count). The van der Waals surface area contributed by atoms with Crippen LogP contribution >= 0.6 is 0 Å². The van der Waals surface area contributed by atoms with Crippen molar-refractivity contribution in [3.63, 3.8) is 0 Å². The fraction of sp³-hybridized carbons (Fsp3) is 0.429. The number of aryl methyl sites for hydroxylation is 2. The number of amides is 1. The van der Waals surface area contributed by atoms with Crippen LogP contribution in [0.25, 0.3) is 11.2 Å². The smallest absolute Gasteiger partial charge is 0.332 e. The van der Waals surface area contributed by atoms with Crippen LogP contribution in [0.1, 0.15) is 12.8 Å². The number of hydrogen-bond donors (Lipinski definition) is 1. The first kappa shape index (κ1) is 15.7. The summed E-state index contributed by atoms with van der Waals surface area (Å²) in [7, 11) is 3.01. The molecule has 1 amide bonds. The van der Waals surface area contributed by atoms with Crippen LogP contribution in [0.5, 0.6) is 0 Å². The van der Waals surface area contributed by atoms with Crippen LogP contribution in [0.3, 0.4) is 0 Å². The van der Waals surface area contributed by atoms with E-state index in [1.54, 1.807) is 17.7 Å². The first-order valence-electron chi connectivity index (χ1n) is 6.95. The van der Waals surface area contributed by atoms with Crippen molar-refractivity contribution in [2.24, 2.45) is 14.1 Å². The molecule has 8 heteroatoms. The van der Waals surface area contributed by atoms with Gasteiger partial charge >= 0.3 is 5.69 Å². The second-order valence-electron chi connectivity index (χ2n) is 5.01. The lowest BCUT2D eigenvalue weighted by atomic mass is 10.3. The summed E-state index contributed by atoms with van der Waals surface area (Å²) in [4.78, 5) is 39.7. The number of fused-ring (bicyclic) bond motifs is 1. The molecule has 118 valence electrons. The van der Waals surface area contributed by atoms with Crippen LogP contribution < -0.4 is 16.6 Å². The molecule has 0 aliphatic carbocycles. The van der Waals surface area contributed by atoms with Crippen LogP contribution in [0.2, 0.25) is 0 Å². The van der Waals surface area contributed by atoms with Crippen molar-refractivity contribution in [2.75, 3.05) is 6.54 Å². The summed E-state index contributed by atoms with van der Waals surface area (Å²) in [5.74, 6) is -0.0652. The maximum atomic E-state index is 12.2. The van der Waals surface area contributed by atoms with Gasteiger partial charge in [-0.25, -0.2) is 9.78 Å². The molecule has 0 aliphatic heterocycles. The van der Waals surface area contributed by atoms with Gasteiger partial charge in [-0.15, -0.1) is 6.58 Å². The Hall–Kier alpha value is -2.64. The molecule has 8 nitrogen and oxygen atoms in total. The van der Waals surface area contributed by atoms with E-state index in [9.17, 15) is 14.4 Å². The van der Waals surface area contributed by atoms with Crippen molar-refractivity contribution in [3.8, 4) is 0 Å². The fourth-order valence-corrected chi connectivity index (χ4v) is 2.25. The molecule has 0 atom stereocenters. The zero-order valence-corrected chi connectivity index (χ0v) is 12.7. The van der Waals surface area contributed by atoms with E-state index in [0.29, 0.717) is 37.1 Å². The Morgan fingerprint density at radius 1 is 1.36 bits per heavy atom. The summed E-state index contributed by atoms with van der Waals surface area (Å²) in [6.45, 7) is 4.45. The molecular formula is C14H19N5O3. The van der Waals surface area contributed by atoms with E-state index in [4.69, 9.17) is 0 Å². The molecule has 2 heterocycles. The van der Waals surface area contributed by atoms with Crippen molar-refractivity contribution in [1.29, 1.82) is 0 Å². The van der Waals surface area contributed by atoms with E-state index >= 15 is 0 Å². The van der Waals surface area contributed by atoms with Gasteiger partial charge in [0.1, 0.15) is 0 Å². The zero-order chi connectivity index (χ0) is 16.3. The Labute approximate surface area is 126 Å². The van der Waals surface area contributed by atoms with E-state index in [2.05, 4.69) is 16.9 Å². The van der Waals surface area contributed by atoms with Gasteiger partial charge in [0.05, 0.1) is 6.33 Å². The summed E-state index contributed by atoms with van der Waals surface area (Å²) in [5, 5.41) is 2.69. The highest BCUT2D eigenvalue weighted by Crippen LogP contribution is 2.07. The van der Waals surface area contributed by atoms with Gasteiger partial charge in [-0.3, -0.25) is 18.7 Å². The van der Waals surface area contributed by atoms with E-state index in [0.717, 1.165) is 4.57 Å². The molecule has 0 fully saturated rings. The molecule has 22 heavy (non-hydrogen) atoms. The average molecular weight is 305 g/mol. The number of hydrogen-bond acceptors (Lipinski definition) is 4. The summed E-state index contributed by atoms with van der Waals surface area (Å²) >= 11 is 0. The van der Waals surface area contributed by atoms with Gasteiger partial charge in [-0.2, -0.15) is 0 Å². The van der Waals surface area contributed by atoms with Crippen LogP contribution in [0, 0.1) is 0 Å². The fourth-order valence-electron chi connectivity index (χ4n) is 2.25. The Morgan fingerprint density at radius 2 is 2.09 bits per heavy atom. The Balaban J connectivity index is 2.20. The molecule has 1 N–H and O–H groups in total. The summed E-state index contributed by atoms with van der Waals surface area (Å²) in [6.07, 6.45) is 4.05. The number of carbonyl (C=O) groups is 1. The van der Waals surface area contributed by atoms with E-state index in [1.165, 1.54) is 17.9 Å². The summed E-state index contributed by atoms with van der Waals surface area (Å²) < 4.78 is 4.07. The normalized spacial score (nSPS) is 10.8. The third-order valence-electron chi connectivity index (χ3n) is 3.46. The molecule has 2 aromatic rings. The maximum absolute atomic E-state index is 12.2. The van der Waals surface area contributed by atoms with Gasteiger partial charge in [0.25, 0.3) is 5.56 Å². The number of aromatic nitrogens is 4. The van der Waals surface area contributed by atoms with Crippen molar-refractivity contribution in [1.82, 2.24) is 24.0 Å². The number of rotatable bonds is 6. The monoisotopic (exact) mass is 305 g/mol. The second-order valence-corrected chi connectivity index (χ2v) is 5.01. The van der Waals surface area contributed by atoms with Gasteiger partial charge < -0.3 is 9.88 Å². The minimum atomic E-state index is -0.411. The van der Waals surface area contributed by atoms with Crippen molar-refractivity contribution in [2.45, 2.75) is 19.4 Å². The highest BCUT2D eigenvalue weighted by atomic mass is 16.2. The quantitative estimate of drug-likeness (QED) is 0.730. The zero-order valence-electron chi connectivity index (χ0n) is 12.7.